The van der Waals surface area contributed by atoms with E-state index in [0.717, 1.165) is 0 Å². The molecule has 0 aromatic carbocycles. The fraction of sp³-hybridized carbons (Fsp3) is 0.667. The van der Waals surface area contributed by atoms with Crippen LogP contribution in [0.5, 0.6) is 0 Å². The maximum atomic E-state index is 9.37. The van der Waals surface area contributed by atoms with Crippen molar-refractivity contribution < 1.29 is 31.6 Å². The van der Waals surface area contributed by atoms with Crippen molar-refractivity contribution in [1.29, 1.82) is 0 Å². The van der Waals surface area contributed by atoms with E-state index >= 15 is 0 Å². The summed E-state index contributed by atoms with van der Waals surface area (Å²) in [5, 5.41) is 7.72. The van der Waals surface area contributed by atoms with Crippen LogP contribution in [0.25, 0.3) is 0 Å². The summed E-state index contributed by atoms with van der Waals surface area (Å²) in [5.41, 5.74) is 0. The average Bonchev–Trinajstić information content (AvgIpc) is 1.38. The van der Waals surface area contributed by atoms with Gasteiger partial charge in [0, 0.05) is 28.1 Å². The Morgan fingerprint density at radius 1 is 1.83 bits per heavy atom. The number of carboxylic acid groups (broad SMARTS) is 1. The Kier molecular flexibility index (Phi) is 8.20. The first-order valence-corrected chi connectivity index (χ1v) is 1.49. The number of hydrogen-bond donors (Lipinski definition) is 1. The molecule has 0 rings (SSSR count). The summed E-state index contributed by atoms with van der Waals surface area (Å²) in [7, 11) is 0. The largest absolute Gasteiger partial charge is 0.481 e. The number of carbonyl (C=O) groups is 1. The van der Waals surface area contributed by atoms with E-state index < -0.39 is 5.97 Å². The van der Waals surface area contributed by atoms with E-state index in [4.69, 9.17) is 5.11 Å². The Balaban J connectivity index is 0. The van der Waals surface area contributed by atoms with Crippen LogP contribution in [0.15, 0.2) is 0 Å². The van der Waals surface area contributed by atoms with E-state index in [9.17, 15) is 4.79 Å². The number of rotatable bonds is 1. The smallest absolute Gasteiger partial charge is 0.303 e. The van der Waals surface area contributed by atoms with E-state index in [1.54, 1.807) is 6.92 Å². The van der Waals surface area contributed by atoms with E-state index in [2.05, 4.69) is 0 Å². The predicted octanol–water partition coefficient (Wildman–Crippen LogP) is 0.478. The standard InChI is InChI=1S/C3H6O2.Ti/c1-2-3(4)5;/h2H2,1H3,(H,4,5);. The van der Waals surface area contributed by atoms with E-state index in [-0.39, 0.29) is 28.1 Å². The van der Waals surface area contributed by atoms with Gasteiger partial charge in [-0.3, -0.25) is 4.79 Å². The molecule has 2 nitrogen and oxygen atoms in total. The third kappa shape index (κ3) is 8.89. The zero-order chi connectivity index (χ0) is 4.28. The molecule has 0 aliphatic carbocycles. The van der Waals surface area contributed by atoms with Gasteiger partial charge in [-0.2, -0.15) is 0 Å². The summed E-state index contributed by atoms with van der Waals surface area (Å²) < 4.78 is 0. The molecule has 0 aromatic heterocycles. The Morgan fingerprint density at radius 2 is 2.00 bits per heavy atom. The Labute approximate surface area is 51.4 Å². The van der Waals surface area contributed by atoms with Gasteiger partial charge in [-0.25, -0.2) is 0 Å². The molecular formula is C3H6O2Ti. The van der Waals surface area contributed by atoms with Crippen molar-refractivity contribution in [2.24, 2.45) is 0 Å². The van der Waals surface area contributed by atoms with Gasteiger partial charge in [0.15, 0.2) is 0 Å². The maximum Gasteiger partial charge on any atom is 0.303 e. The maximum absolute atomic E-state index is 9.37. The SMILES string of the molecule is CCC(=O)O.[Ti]. The third-order valence-electron chi connectivity index (χ3n) is 0.302. The van der Waals surface area contributed by atoms with Gasteiger partial charge in [-0.05, 0) is 0 Å². The molecule has 0 heterocycles. The van der Waals surface area contributed by atoms with Gasteiger partial charge >= 0.3 is 5.97 Å². The molecule has 3 heteroatoms. The molecule has 0 fully saturated rings. The Morgan fingerprint density at radius 3 is 2.00 bits per heavy atom. The van der Waals surface area contributed by atoms with E-state index in [0.29, 0.717) is 0 Å². The van der Waals surface area contributed by atoms with Crippen molar-refractivity contribution in [1.82, 2.24) is 0 Å². The van der Waals surface area contributed by atoms with Gasteiger partial charge in [-0.15, -0.1) is 0 Å². The molecule has 34 valence electrons. The molecule has 0 unspecified atom stereocenters. The van der Waals surface area contributed by atoms with Gasteiger partial charge in [0.2, 0.25) is 0 Å². The monoisotopic (exact) mass is 122 g/mol. The fourth-order valence-electron chi connectivity index (χ4n) is 0. The van der Waals surface area contributed by atoms with Crippen molar-refractivity contribution in [2.75, 3.05) is 0 Å². The second-order valence-corrected chi connectivity index (χ2v) is 0.747. The first-order valence-electron chi connectivity index (χ1n) is 1.49. The van der Waals surface area contributed by atoms with Gasteiger partial charge in [-0.1, -0.05) is 6.92 Å². The van der Waals surface area contributed by atoms with Crippen LogP contribution >= 0.6 is 0 Å². The molecule has 0 radical (unpaired) electrons. The zero-order valence-corrected chi connectivity index (χ0v) is 5.12. The summed E-state index contributed by atoms with van der Waals surface area (Å²) >= 11 is 0. The molecule has 0 aromatic rings. The van der Waals surface area contributed by atoms with Crippen LogP contribution in [0.2, 0.25) is 0 Å². The van der Waals surface area contributed by atoms with Gasteiger partial charge in [0.1, 0.15) is 0 Å². The quantitative estimate of drug-likeness (QED) is 0.513. The summed E-state index contributed by atoms with van der Waals surface area (Å²) in [6, 6.07) is 0. The first kappa shape index (κ1) is 9.49. The van der Waals surface area contributed by atoms with Crippen molar-refractivity contribution in [3.05, 3.63) is 0 Å². The molecule has 0 spiro atoms. The molecule has 0 saturated heterocycles. The predicted molar refractivity (Wildman–Crippen MR) is 17.9 cm³/mol. The zero-order valence-electron chi connectivity index (χ0n) is 3.56. The fourth-order valence-corrected chi connectivity index (χ4v) is 0. The third-order valence-corrected chi connectivity index (χ3v) is 0.302. The Bertz CT molecular complexity index is 44.1. The molecule has 0 aliphatic heterocycles. The van der Waals surface area contributed by atoms with Crippen LogP contribution < -0.4 is 0 Å². The summed E-state index contributed by atoms with van der Waals surface area (Å²) in [4.78, 5) is 9.37. The minimum atomic E-state index is -0.745. The molecule has 1 N–H and O–H groups in total. The van der Waals surface area contributed by atoms with Crippen molar-refractivity contribution in [3.63, 3.8) is 0 Å². The van der Waals surface area contributed by atoms with Crippen molar-refractivity contribution in [2.45, 2.75) is 13.3 Å². The molecule has 0 amide bonds. The minimum Gasteiger partial charge on any atom is -0.481 e. The number of hydrogen-bond acceptors (Lipinski definition) is 1. The molecule has 0 saturated carbocycles. The first-order chi connectivity index (χ1) is 2.27. The summed E-state index contributed by atoms with van der Waals surface area (Å²) in [5.74, 6) is -0.745. The van der Waals surface area contributed by atoms with Crippen LogP contribution in [0.4, 0.5) is 0 Å². The van der Waals surface area contributed by atoms with Crippen molar-refractivity contribution >= 4 is 5.97 Å². The van der Waals surface area contributed by atoms with Crippen LogP contribution in [0, 0.1) is 0 Å². The average molecular weight is 122 g/mol. The van der Waals surface area contributed by atoms with Gasteiger partial charge in [0.25, 0.3) is 0 Å². The minimum absolute atomic E-state index is 0. The van der Waals surface area contributed by atoms with Crippen LogP contribution in [0.3, 0.4) is 0 Å². The van der Waals surface area contributed by atoms with Crippen LogP contribution in [-0.4, -0.2) is 11.1 Å². The summed E-state index contributed by atoms with van der Waals surface area (Å²) in [6.07, 6.45) is 0.222. The molecular weight excluding hydrogens is 116 g/mol. The van der Waals surface area contributed by atoms with Crippen LogP contribution in [0.1, 0.15) is 13.3 Å². The van der Waals surface area contributed by atoms with Gasteiger partial charge < -0.3 is 5.11 Å². The normalized spacial score (nSPS) is 6.17. The molecule has 0 atom stereocenters. The molecule has 6 heavy (non-hydrogen) atoms. The number of carboxylic acids is 1. The van der Waals surface area contributed by atoms with E-state index in [1.807, 2.05) is 0 Å². The molecule has 0 bridgehead atoms. The van der Waals surface area contributed by atoms with Gasteiger partial charge in [0.05, 0.1) is 0 Å². The second kappa shape index (κ2) is 5.18. The summed E-state index contributed by atoms with van der Waals surface area (Å²) in [6.45, 7) is 1.60. The molecule has 0 aliphatic rings. The van der Waals surface area contributed by atoms with Crippen molar-refractivity contribution in [3.8, 4) is 0 Å². The second-order valence-electron chi connectivity index (χ2n) is 0.747. The number of aliphatic carboxylic acids is 1. The van der Waals surface area contributed by atoms with E-state index in [1.165, 1.54) is 0 Å². The Hall–Kier alpha value is 0.184. The topological polar surface area (TPSA) is 37.3 Å². The van der Waals surface area contributed by atoms with Crippen LogP contribution in [-0.2, 0) is 26.5 Å².